The second-order valence-electron chi connectivity index (χ2n) is 5.45. The quantitative estimate of drug-likeness (QED) is 0.812. The van der Waals surface area contributed by atoms with Crippen molar-refractivity contribution in [1.82, 2.24) is 10.0 Å². The van der Waals surface area contributed by atoms with E-state index in [4.69, 9.17) is 0 Å². The van der Waals surface area contributed by atoms with E-state index in [1.165, 1.54) is 0 Å². The Labute approximate surface area is 122 Å². The smallest absolute Gasteiger partial charge is 0.240 e. The molecule has 0 heterocycles. The molecule has 20 heavy (non-hydrogen) atoms. The molecule has 1 fully saturated rings. The van der Waals surface area contributed by atoms with Crippen molar-refractivity contribution in [1.29, 1.82) is 0 Å². The Kier molecular flexibility index (Phi) is 4.83. The summed E-state index contributed by atoms with van der Waals surface area (Å²) in [6.45, 7) is 4.18. The predicted molar refractivity (Wildman–Crippen MR) is 81.0 cm³/mol. The molecule has 1 aliphatic rings. The Bertz CT molecular complexity index is 553. The molecule has 4 nitrogen and oxygen atoms in total. The van der Waals surface area contributed by atoms with Crippen LogP contribution in [0.4, 0.5) is 0 Å². The predicted octanol–water partition coefficient (Wildman–Crippen LogP) is 2.43. The second-order valence-corrected chi connectivity index (χ2v) is 7.17. The van der Waals surface area contributed by atoms with Gasteiger partial charge in [0.05, 0.1) is 4.90 Å². The fraction of sp³-hybridized carbons (Fsp3) is 0.600. The van der Waals surface area contributed by atoms with Crippen LogP contribution in [0.1, 0.15) is 44.7 Å². The Morgan fingerprint density at radius 1 is 1.35 bits per heavy atom. The van der Waals surface area contributed by atoms with Gasteiger partial charge in [0.1, 0.15) is 0 Å². The summed E-state index contributed by atoms with van der Waals surface area (Å²) in [6.07, 6.45) is 2.92. The second kappa shape index (κ2) is 6.24. The third kappa shape index (κ3) is 3.40. The van der Waals surface area contributed by atoms with Crippen molar-refractivity contribution in [3.05, 3.63) is 29.8 Å². The van der Waals surface area contributed by atoms with Crippen LogP contribution in [0.3, 0.4) is 0 Å². The van der Waals surface area contributed by atoms with Crippen molar-refractivity contribution in [2.24, 2.45) is 5.92 Å². The molecule has 0 aliphatic heterocycles. The Hall–Kier alpha value is -0.910. The first-order chi connectivity index (χ1) is 9.51. The number of hydrogen-bond acceptors (Lipinski definition) is 3. The summed E-state index contributed by atoms with van der Waals surface area (Å²) in [4.78, 5) is 0.366. The van der Waals surface area contributed by atoms with Gasteiger partial charge < -0.3 is 5.32 Å². The van der Waals surface area contributed by atoms with Crippen molar-refractivity contribution >= 4 is 10.0 Å². The molecule has 3 unspecified atom stereocenters. The van der Waals surface area contributed by atoms with Crippen LogP contribution >= 0.6 is 0 Å². The van der Waals surface area contributed by atoms with Crippen LogP contribution in [0.2, 0.25) is 0 Å². The van der Waals surface area contributed by atoms with Crippen LogP contribution in [0.5, 0.6) is 0 Å². The summed E-state index contributed by atoms with van der Waals surface area (Å²) >= 11 is 0. The fourth-order valence-corrected chi connectivity index (χ4v) is 3.99. The third-order valence-electron chi connectivity index (χ3n) is 4.08. The van der Waals surface area contributed by atoms with Gasteiger partial charge in [0, 0.05) is 12.1 Å². The molecular formula is C15H24N2O2S. The molecule has 0 amide bonds. The van der Waals surface area contributed by atoms with Gasteiger partial charge in [-0.3, -0.25) is 0 Å². The molecule has 2 N–H and O–H groups in total. The van der Waals surface area contributed by atoms with E-state index >= 15 is 0 Å². The van der Waals surface area contributed by atoms with E-state index in [1.807, 2.05) is 19.2 Å². The minimum atomic E-state index is -3.39. The Balaban J connectivity index is 2.17. The zero-order valence-electron chi connectivity index (χ0n) is 12.4. The van der Waals surface area contributed by atoms with Gasteiger partial charge in [-0.25, -0.2) is 13.1 Å². The zero-order valence-corrected chi connectivity index (χ0v) is 13.2. The average Bonchev–Trinajstić information content (AvgIpc) is 3.18. The monoisotopic (exact) mass is 296 g/mol. The maximum Gasteiger partial charge on any atom is 0.240 e. The van der Waals surface area contributed by atoms with E-state index in [0.717, 1.165) is 24.8 Å². The zero-order chi connectivity index (χ0) is 14.8. The van der Waals surface area contributed by atoms with E-state index in [9.17, 15) is 8.42 Å². The molecule has 2 rings (SSSR count). The molecular weight excluding hydrogens is 272 g/mol. The molecule has 1 aliphatic carbocycles. The average molecular weight is 296 g/mol. The molecule has 1 aromatic rings. The lowest BCUT2D eigenvalue weighted by Crippen LogP contribution is -2.27. The van der Waals surface area contributed by atoms with Crippen molar-refractivity contribution in [3.8, 4) is 0 Å². The van der Waals surface area contributed by atoms with Crippen molar-refractivity contribution < 1.29 is 8.42 Å². The molecule has 0 aromatic heterocycles. The van der Waals surface area contributed by atoms with E-state index in [2.05, 4.69) is 23.9 Å². The standard InChI is InChI=1S/C15H24N2O2S/c1-4-11-10-15(11)17-20(18,19)13-8-6-7-12(9-13)14(5-2)16-3/h6-9,11,14-17H,4-5,10H2,1-3H3. The molecule has 1 aromatic carbocycles. The minimum absolute atomic E-state index is 0.125. The Morgan fingerprint density at radius 2 is 2.10 bits per heavy atom. The SMILES string of the molecule is CCC(NC)c1cccc(S(=O)(=O)NC2CC2CC)c1. The molecule has 112 valence electrons. The van der Waals surface area contributed by atoms with Gasteiger partial charge in [-0.05, 0) is 43.5 Å². The lowest BCUT2D eigenvalue weighted by Gasteiger charge is -2.15. The van der Waals surface area contributed by atoms with Crippen molar-refractivity contribution in [3.63, 3.8) is 0 Å². The van der Waals surface area contributed by atoms with Gasteiger partial charge >= 0.3 is 0 Å². The van der Waals surface area contributed by atoms with Crippen LogP contribution in [0.25, 0.3) is 0 Å². The van der Waals surface area contributed by atoms with E-state index in [-0.39, 0.29) is 12.1 Å². The largest absolute Gasteiger partial charge is 0.313 e. The first kappa shape index (κ1) is 15.5. The fourth-order valence-electron chi connectivity index (χ4n) is 2.62. The normalized spacial score (nSPS) is 23.6. The van der Waals surface area contributed by atoms with Gasteiger partial charge in [0.15, 0.2) is 0 Å². The van der Waals surface area contributed by atoms with Gasteiger partial charge in [-0.1, -0.05) is 32.4 Å². The van der Waals surface area contributed by atoms with Crippen LogP contribution in [-0.4, -0.2) is 21.5 Å². The summed E-state index contributed by atoms with van der Waals surface area (Å²) in [7, 11) is -1.50. The number of rotatable bonds is 7. The molecule has 0 spiro atoms. The van der Waals surface area contributed by atoms with E-state index in [1.54, 1.807) is 12.1 Å². The molecule has 5 heteroatoms. The van der Waals surface area contributed by atoms with E-state index < -0.39 is 10.0 Å². The molecule has 3 atom stereocenters. The number of nitrogens with one attached hydrogen (secondary N) is 2. The maximum absolute atomic E-state index is 12.4. The highest BCUT2D eigenvalue weighted by atomic mass is 32.2. The number of benzene rings is 1. The highest BCUT2D eigenvalue weighted by molar-refractivity contribution is 7.89. The first-order valence-corrected chi connectivity index (χ1v) is 8.79. The van der Waals surface area contributed by atoms with Gasteiger partial charge in [-0.15, -0.1) is 0 Å². The lowest BCUT2D eigenvalue weighted by atomic mass is 10.1. The lowest BCUT2D eigenvalue weighted by molar-refractivity contribution is 0.568. The van der Waals surface area contributed by atoms with Gasteiger partial charge in [0.2, 0.25) is 10.0 Å². The first-order valence-electron chi connectivity index (χ1n) is 7.31. The van der Waals surface area contributed by atoms with Crippen LogP contribution < -0.4 is 10.0 Å². The Morgan fingerprint density at radius 3 is 2.65 bits per heavy atom. The van der Waals surface area contributed by atoms with Gasteiger partial charge in [-0.2, -0.15) is 0 Å². The van der Waals surface area contributed by atoms with E-state index in [0.29, 0.717) is 10.8 Å². The highest BCUT2D eigenvalue weighted by Crippen LogP contribution is 2.34. The van der Waals surface area contributed by atoms with Crippen molar-refractivity contribution in [2.45, 2.75) is 50.1 Å². The van der Waals surface area contributed by atoms with Gasteiger partial charge in [0.25, 0.3) is 0 Å². The van der Waals surface area contributed by atoms with Crippen LogP contribution in [-0.2, 0) is 10.0 Å². The summed E-state index contributed by atoms with van der Waals surface area (Å²) < 4.78 is 27.5. The highest BCUT2D eigenvalue weighted by Gasteiger charge is 2.38. The number of sulfonamides is 1. The third-order valence-corrected chi connectivity index (χ3v) is 5.57. The van der Waals surface area contributed by atoms with Crippen LogP contribution in [0.15, 0.2) is 29.2 Å². The number of hydrogen-bond donors (Lipinski definition) is 2. The summed E-state index contributed by atoms with van der Waals surface area (Å²) in [6, 6.07) is 7.53. The van der Waals surface area contributed by atoms with Crippen LogP contribution in [0, 0.1) is 5.92 Å². The molecule has 0 radical (unpaired) electrons. The molecule has 0 bridgehead atoms. The molecule has 1 saturated carbocycles. The summed E-state index contributed by atoms with van der Waals surface area (Å²) in [5, 5.41) is 3.20. The molecule has 0 saturated heterocycles. The maximum atomic E-state index is 12.4. The summed E-state index contributed by atoms with van der Waals surface area (Å²) in [5.74, 6) is 0.508. The van der Waals surface area contributed by atoms with Crippen molar-refractivity contribution in [2.75, 3.05) is 7.05 Å². The topological polar surface area (TPSA) is 58.2 Å². The summed E-state index contributed by atoms with van der Waals surface area (Å²) in [5.41, 5.74) is 1.01. The minimum Gasteiger partial charge on any atom is -0.313 e.